The van der Waals surface area contributed by atoms with Gasteiger partial charge >= 0.3 is 0 Å². The highest BCUT2D eigenvalue weighted by molar-refractivity contribution is 8.15. The van der Waals surface area contributed by atoms with Gasteiger partial charge in [-0.3, -0.25) is 14.5 Å². The van der Waals surface area contributed by atoms with Gasteiger partial charge in [-0.15, -0.1) is 0 Å². The van der Waals surface area contributed by atoms with Crippen LogP contribution in [0.2, 0.25) is 0 Å². The molecule has 0 radical (unpaired) electrons. The number of amides is 2. The molecule has 4 rings (SSSR count). The molecule has 2 aromatic rings. The van der Waals surface area contributed by atoms with E-state index >= 15 is 0 Å². The van der Waals surface area contributed by atoms with E-state index in [2.05, 4.69) is 16.8 Å². The lowest BCUT2D eigenvalue weighted by atomic mass is 10.2. The summed E-state index contributed by atoms with van der Waals surface area (Å²) in [5, 5.41) is 0.00517. The van der Waals surface area contributed by atoms with Crippen LogP contribution in [0.1, 0.15) is 19.4 Å². The SMILES string of the molecule is CCN1CCN(C(=O)[C@H](C)SC2=N/C(=C/c3ccccc3)C(=O)N2c2ccc(F)cc2)CC1. The molecule has 6 nitrogen and oxygen atoms in total. The maximum atomic E-state index is 13.5. The summed E-state index contributed by atoms with van der Waals surface area (Å²) in [6, 6.07) is 15.2. The Labute approximate surface area is 197 Å². The van der Waals surface area contributed by atoms with Gasteiger partial charge in [-0.05, 0) is 49.4 Å². The van der Waals surface area contributed by atoms with E-state index in [1.807, 2.05) is 42.2 Å². The lowest BCUT2D eigenvalue weighted by Crippen LogP contribution is -2.50. The van der Waals surface area contributed by atoms with E-state index in [9.17, 15) is 14.0 Å². The number of carbonyl (C=O) groups is 2. The van der Waals surface area contributed by atoms with E-state index in [4.69, 9.17) is 0 Å². The van der Waals surface area contributed by atoms with Gasteiger partial charge in [-0.2, -0.15) is 0 Å². The fourth-order valence-electron chi connectivity index (χ4n) is 3.85. The number of hydrogen-bond donors (Lipinski definition) is 0. The Kier molecular flexibility index (Phi) is 7.25. The summed E-state index contributed by atoms with van der Waals surface area (Å²) < 4.78 is 13.5. The van der Waals surface area contributed by atoms with Crippen molar-refractivity contribution in [2.24, 2.45) is 4.99 Å². The Morgan fingerprint density at radius 3 is 2.39 bits per heavy atom. The molecule has 1 saturated heterocycles. The van der Waals surface area contributed by atoms with Crippen LogP contribution in [0.25, 0.3) is 6.08 Å². The molecule has 0 aromatic heterocycles. The molecule has 0 saturated carbocycles. The number of halogens is 1. The molecule has 172 valence electrons. The number of hydrogen-bond acceptors (Lipinski definition) is 5. The van der Waals surface area contributed by atoms with Gasteiger partial charge in [0, 0.05) is 26.2 Å². The second-order valence-electron chi connectivity index (χ2n) is 7.97. The van der Waals surface area contributed by atoms with Crippen molar-refractivity contribution in [3.05, 3.63) is 71.7 Å². The predicted molar refractivity (Wildman–Crippen MR) is 131 cm³/mol. The summed E-state index contributed by atoms with van der Waals surface area (Å²) in [6.45, 7) is 8.07. The Balaban J connectivity index is 1.57. The van der Waals surface area contributed by atoms with Gasteiger partial charge in [-0.25, -0.2) is 9.38 Å². The third-order valence-corrected chi connectivity index (χ3v) is 6.82. The highest BCUT2D eigenvalue weighted by Crippen LogP contribution is 2.31. The minimum Gasteiger partial charge on any atom is -0.339 e. The van der Waals surface area contributed by atoms with E-state index in [0.717, 1.165) is 25.2 Å². The number of likely N-dealkylation sites (N-methyl/N-ethyl adjacent to an activating group) is 1. The smallest absolute Gasteiger partial charge is 0.283 e. The van der Waals surface area contributed by atoms with Crippen LogP contribution in [0, 0.1) is 5.82 Å². The lowest BCUT2D eigenvalue weighted by Gasteiger charge is -2.35. The van der Waals surface area contributed by atoms with Gasteiger partial charge < -0.3 is 9.80 Å². The highest BCUT2D eigenvalue weighted by Gasteiger charge is 2.35. The van der Waals surface area contributed by atoms with Crippen molar-refractivity contribution in [2.45, 2.75) is 19.1 Å². The van der Waals surface area contributed by atoms with Crippen molar-refractivity contribution in [3.63, 3.8) is 0 Å². The molecule has 0 aliphatic carbocycles. The Morgan fingerprint density at radius 1 is 1.09 bits per heavy atom. The third kappa shape index (κ3) is 5.34. The summed E-state index contributed by atoms with van der Waals surface area (Å²) >= 11 is 1.26. The van der Waals surface area contributed by atoms with Crippen molar-refractivity contribution in [2.75, 3.05) is 37.6 Å². The lowest BCUT2D eigenvalue weighted by molar-refractivity contribution is -0.132. The molecule has 2 heterocycles. The van der Waals surface area contributed by atoms with Crippen LogP contribution in [0.4, 0.5) is 10.1 Å². The number of piperazine rings is 1. The normalized spacial score (nSPS) is 19.2. The Morgan fingerprint density at radius 2 is 1.76 bits per heavy atom. The van der Waals surface area contributed by atoms with Crippen LogP contribution in [0.3, 0.4) is 0 Å². The quantitative estimate of drug-likeness (QED) is 0.628. The standard InChI is InChI=1S/C25H27FN4O2S/c1-3-28-13-15-29(16-14-28)23(31)18(2)33-25-27-22(17-19-7-5-4-6-8-19)24(32)30(25)21-11-9-20(26)10-12-21/h4-12,17-18H,3,13-16H2,1-2H3/b22-17+/t18-/m0/s1. The highest BCUT2D eigenvalue weighted by atomic mass is 32.2. The average Bonchev–Trinajstić information content (AvgIpc) is 3.14. The zero-order chi connectivity index (χ0) is 23.4. The van der Waals surface area contributed by atoms with Crippen LogP contribution in [0.15, 0.2) is 65.3 Å². The Bertz CT molecular complexity index is 1060. The first-order valence-electron chi connectivity index (χ1n) is 11.1. The zero-order valence-electron chi connectivity index (χ0n) is 18.8. The van der Waals surface area contributed by atoms with Crippen LogP contribution in [-0.2, 0) is 9.59 Å². The molecule has 0 bridgehead atoms. The molecule has 33 heavy (non-hydrogen) atoms. The molecule has 0 unspecified atom stereocenters. The Hall–Kier alpha value is -2.97. The first-order valence-corrected chi connectivity index (χ1v) is 12.0. The van der Waals surface area contributed by atoms with Crippen LogP contribution in [-0.4, -0.2) is 64.8 Å². The summed E-state index contributed by atoms with van der Waals surface area (Å²) in [5.41, 5.74) is 1.65. The van der Waals surface area contributed by atoms with Gasteiger partial charge in [0.15, 0.2) is 5.17 Å². The molecular formula is C25H27FN4O2S. The molecule has 2 aliphatic rings. The topological polar surface area (TPSA) is 56.2 Å². The van der Waals surface area contributed by atoms with Gasteiger partial charge in [-0.1, -0.05) is 49.0 Å². The van der Waals surface area contributed by atoms with E-state index < -0.39 is 5.25 Å². The van der Waals surface area contributed by atoms with E-state index in [-0.39, 0.29) is 23.3 Å². The summed E-state index contributed by atoms with van der Waals surface area (Å²) in [5.74, 6) is -0.652. The second kappa shape index (κ2) is 10.3. The molecule has 0 spiro atoms. The third-order valence-electron chi connectivity index (χ3n) is 5.78. The minimum atomic E-state index is -0.413. The molecule has 1 atom stereocenters. The molecular weight excluding hydrogens is 439 g/mol. The van der Waals surface area contributed by atoms with E-state index in [0.29, 0.717) is 23.9 Å². The maximum Gasteiger partial charge on any atom is 0.283 e. The van der Waals surface area contributed by atoms with Crippen molar-refractivity contribution in [1.29, 1.82) is 0 Å². The molecule has 0 N–H and O–H groups in total. The average molecular weight is 467 g/mol. The monoisotopic (exact) mass is 466 g/mol. The summed E-state index contributed by atoms with van der Waals surface area (Å²) in [7, 11) is 0. The first kappa shape index (κ1) is 23.2. The van der Waals surface area contributed by atoms with Crippen molar-refractivity contribution in [3.8, 4) is 0 Å². The number of benzene rings is 2. The van der Waals surface area contributed by atoms with Crippen LogP contribution < -0.4 is 4.90 Å². The van der Waals surface area contributed by atoms with Crippen LogP contribution in [0.5, 0.6) is 0 Å². The van der Waals surface area contributed by atoms with Crippen molar-refractivity contribution >= 4 is 40.5 Å². The summed E-state index contributed by atoms with van der Waals surface area (Å²) in [4.78, 5) is 36.6. The zero-order valence-corrected chi connectivity index (χ0v) is 19.6. The molecule has 8 heteroatoms. The molecule has 2 aromatic carbocycles. The molecule has 2 aliphatic heterocycles. The fourth-order valence-corrected chi connectivity index (χ4v) is 4.86. The van der Waals surface area contributed by atoms with E-state index in [1.54, 1.807) is 18.2 Å². The molecule has 2 amide bonds. The number of rotatable bonds is 5. The number of anilines is 1. The van der Waals surface area contributed by atoms with Gasteiger partial charge in [0.05, 0.1) is 10.9 Å². The predicted octanol–water partition coefficient (Wildman–Crippen LogP) is 3.86. The largest absolute Gasteiger partial charge is 0.339 e. The van der Waals surface area contributed by atoms with Gasteiger partial charge in [0.2, 0.25) is 5.91 Å². The number of thioether (sulfide) groups is 1. The van der Waals surface area contributed by atoms with Crippen molar-refractivity contribution in [1.82, 2.24) is 9.80 Å². The maximum absolute atomic E-state index is 13.5. The minimum absolute atomic E-state index is 0.0328. The summed E-state index contributed by atoms with van der Waals surface area (Å²) in [6.07, 6.45) is 1.73. The molecule has 1 fully saturated rings. The van der Waals surface area contributed by atoms with Gasteiger partial charge in [0.25, 0.3) is 5.91 Å². The second-order valence-corrected chi connectivity index (χ2v) is 9.28. The van der Waals surface area contributed by atoms with Crippen LogP contribution >= 0.6 is 11.8 Å². The number of amidine groups is 1. The van der Waals surface area contributed by atoms with Crippen molar-refractivity contribution < 1.29 is 14.0 Å². The number of nitrogens with zero attached hydrogens (tertiary/aromatic N) is 4. The van der Waals surface area contributed by atoms with E-state index in [1.165, 1.54) is 28.8 Å². The fraction of sp³-hybridized carbons (Fsp3) is 0.320. The van der Waals surface area contributed by atoms with Gasteiger partial charge in [0.1, 0.15) is 11.5 Å². The first-order chi connectivity index (χ1) is 16.0. The number of carbonyl (C=O) groups excluding carboxylic acids is 2. The number of aliphatic imine (C=N–C) groups is 1.